The molecule has 9 heteroatoms. The number of ether oxygens (including phenoxy) is 3. The lowest BCUT2D eigenvalue weighted by molar-refractivity contribution is -0.119. The van der Waals surface area contributed by atoms with Crippen molar-refractivity contribution in [2.24, 2.45) is 5.92 Å². The topological polar surface area (TPSA) is 71.5 Å². The maximum Gasteiger partial charge on any atom is 0.510 e. The average Bonchev–Trinajstić information content (AvgIpc) is 3.46. The number of unbranched alkanes of at least 4 members (excludes halogenated alkanes) is 1. The van der Waals surface area contributed by atoms with Gasteiger partial charge in [0.2, 0.25) is 5.91 Å². The van der Waals surface area contributed by atoms with Crippen LogP contribution in [0.25, 0.3) is 10.1 Å². The van der Waals surface area contributed by atoms with Crippen LogP contribution in [0.2, 0.25) is 0 Å². The van der Waals surface area contributed by atoms with Gasteiger partial charge in [-0.25, -0.2) is 4.79 Å². The Morgan fingerprint density at radius 1 is 0.951 bits per heavy atom. The zero-order valence-corrected chi connectivity index (χ0v) is 25.0. The van der Waals surface area contributed by atoms with Gasteiger partial charge in [-0.1, -0.05) is 26.0 Å². The molecule has 2 aromatic carbocycles. The summed E-state index contributed by atoms with van der Waals surface area (Å²) < 4.78 is 17.8. The molecule has 220 valence electrons. The molecule has 1 aromatic heterocycles. The third kappa shape index (κ3) is 7.71. The highest BCUT2D eigenvalue weighted by atomic mass is 32.1. The van der Waals surface area contributed by atoms with E-state index in [9.17, 15) is 9.59 Å². The molecule has 0 N–H and O–H groups in total. The molecular weight excluding hydrogens is 538 g/mol. The molecule has 0 unspecified atom stereocenters. The maximum atomic E-state index is 12.6. The number of benzene rings is 2. The van der Waals surface area contributed by atoms with Crippen molar-refractivity contribution < 1.29 is 23.8 Å². The number of thiophene rings is 1. The number of amides is 1. The van der Waals surface area contributed by atoms with Gasteiger partial charge in [0.15, 0.2) is 6.73 Å². The van der Waals surface area contributed by atoms with Crippen LogP contribution in [0.1, 0.15) is 45.1 Å². The molecule has 0 spiro atoms. The van der Waals surface area contributed by atoms with E-state index in [4.69, 9.17) is 14.2 Å². The van der Waals surface area contributed by atoms with E-state index in [-0.39, 0.29) is 12.6 Å². The number of rotatable bonds is 12. The molecule has 5 rings (SSSR count). The first-order valence-electron chi connectivity index (χ1n) is 14.8. The Bertz CT molecular complexity index is 1320. The number of carbonyl (C=O) groups is 2. The first-order valence-corrected chi connectivity index (χ1v) is 15.6. The zero-order valence-electron chi connectivity index (χ0n) is 24.2. The normalized spacial score (nSPS) is 15.8. The van der Waals surface area contributed by atoms with Crippen LogP contribution in [-0.2, 0) is 20.7 Å². The van der Waals surface area contributed by atoms with Crippen molar-refractivity contribution in [2.75, 3.05) is 62.5 Å². The minimum absolute atomic E-state index is 0.0725. The number of hydrogen-bond donors (Lipinski definition) is 0. The lowest BCUT2D eigenvalue weighted by Crippen LogP contribution is -2.46. The van der Waals surface area contributed by atoms with Crippen LogP contribution in [0.15, 0.2) is 47.8 Å². The number of anilines is 2. The van der Waals surface area contributed by atoms with Gasteiger partial charge in [0.25, 0.3) is 0 Å². The van der Waals surface area contributed by atoms with Crippen molar-refractivity contribution in [2.45, 2.75) is 46.0 Å². The summed E-state index contributed by atoms with van der Waals surface area (Å²) in [6.45, 7) is 10.2. The Balaban J connectivity index is 1.04. The Morgan fingerprint density at radius 2 is 1.80 bits per heavy atom. The summed E-state index contributed by atoms with van der Waals surface area (Å²) >= 11 is 1.80. The molecule has 41 heavy (non-hydrogen) atoms. The minimum Gasteiger partial charge on any atom is -0.494 e. The summed E-state index contributed by atoms with van der Waals surface area (Å²) in [6.07, 6.45) is 3.10. The second-order valence-electron chi connectivity index (χ2n) is 11.2. The number of hydrogen-bond acceptors (Lipinski definition) is 8. The summed E-state index contributed by atoms with van der Waals surface area (Å²) in [5.74, 6) is 1.08. The molecule has 1 fully saturated rings. The Hall–Kier alpha value is -3.30. The Morgan fingerprint density at radius 3 is 2.63 bits per heavy atom. The minimum atomic E-state index is -0.751. The zero-order chi connectivity index (χ0) is 28.6. The van der Waals surface area contributed by atoms with Gasteiger partial charge in [-0.05, 0) is 73.4 Å². The fourth-order valence-electron chi connectivity index (χ4n) is 5.38. The summed E-state index contributed by atoms with van der Waals surface area (Å²) in [7, 11) is 0. The Labute approximate surface area is 246 Å². The average molecular weight is 580 g/mol. The van der Waals surface area contributed by atoms with Crippen molar-refractivity contribution in [3.63, 3.8) is 0 Å². The van der Waals surface area contributed by atoms with Crippen molar-refractivity contribution in [1.29, 1.82) is 0 Å². The fraction of sp³-hybridized carbons (Fsp3) is 0.500. The monoisotopic (exact) mass is 579 g/mol. The van der Waals surface area contributed by atoms with Gasteiger partial charge in [-0.2, -0.15) is 0 Å². The maximum absolute atomic E-state index is 12.6. The SMILES string of the molecule is CC(C)CCOC(=O)OCN1C(=O)CCc2ccc(OCCCCN3CCN(c4cccc5sccc45)CC3)cc21. The van der Waals surface area contributed by atoms with Gasteiger partial charge in [0, 0.05) is 54.4 Å². The van der Waals surface area contributed by atoms with E-state index in [2.05, 4.69) is 53.3 Å². The lowest BCUT2D eigenvalue weighted by Gasteiger charge is -2.36. The fourth-order valence-corrected chi connectivity index (χ4v) is 6.19. The molecule has 1 saturated heterocycles. The summed E-state index contributed by atoms with van der Waals surface area (Å²) in [5, 5.41) is 3.54. The van der Waals surface area contributed by atoms with Crippen LogP contribution >= 0.6 is 11.3 Å². The van der Waals surface area contributed by atoms with Crippen LogP contribution in [-0.4, -0.2) is 69.6 Å². The Kier molecular flexibility index (Phi) is 10.0. The van der Waals surface area contributed by atoms with Crippen molar-refractivity contribution in [3.05, 3.63) is 53.4 Å². The summed E-state index contributed by atoms with van der Waals surface area (Å²) in [6, 6.07) is 14.7. The standard InChI is InChI=1S/C32H41N3O5S/c1-24(2)12-20-39-32(37)40-23-35-29-22-26(10-8-25(29)9-11-31(35)36)38-19-4-3-14-33-15-17-34(18-16-33)28-6-5-7-30-27(28)13-21-41-30/h5-8,10,13,21-22,24H,3-4,9,11-12,14-20,23H2,1-2H3. The van der Waals surface area contributed by atoms with Crippen LogP contribution in [0.5, 0.6) is 5.75 Å². The number of aryl methyl sites for hydroxylation is 1. The van der Waals surface area contributed by atoms with E-state index in [1.807, 2.05) is 18.2 Å². The van der Waals surface area contributed by atoms with Gasteiger partial charge in [-0.3, -0.25) is 14.6 Å². The molecular formula is C32H41N3O5S. The molecule has 3 aromatic rings. The van der Waals surface area contributed by atoms with E-state index in [0.717, 1.165) is 69.0 Å². The van der Waals surface area contributed by atoms with E-state index in [1.54, 1.807) is 11.3 Å². The molecule has 0 radical (unpaired) electrons. The van der Waals surface area contributed by atoms with Crippen molar-refractivity contribution in [1.82, 2.24) is 4.90 Å². The van der Waals surface area contributed by atoms with Crippen molar-refractivity contribution in [3.8, 4) is 5.75 Å². The highest BCUT2D eigenvalue weighted by molar-refractivity contribution is 7.17. The molecule has 1 amide bonds. The van der Waals surface area contributed by atoms with Gasteiger partial charge in [0.05, 0.1) is 18.9 Å². The number of fused-ring (bicyclic) bond motifs is 2. The summed E-state index contributed by atoms with van der Waals surface area (Å²) in [4.78, 5) is 31.2. The summed E-state index contributed by atoms with van der Waals surface area (Å²) in [5.41, 5.74) is 3.14. The highest BCUT2D eigenvalue weighted by Gasteiger charge is 2.26. The number of piperazine rings is 1. The van der Waals surface area contributed by atoms with Crippen LogP contribution in [0.3, 0.4) is 0 Å². The van der Waals surface area contributed by atoms with E-state index in [1.165, 1.54) is 20.7 Å². The molecule has 2 aliphatic heterocycles. The van der Waals surface area contributed by atoms with Gasteiger partial charge >= 0.3 is 6.16 Å². The largest absolute Gasteiger partial charge is 0.510 e. The second kappa shape index (κ2) is 14.0. The molecule has 0 saturated carbocycles. The highest BCUT2D eigenvalue weighted by Crippen LogP contribution is 2.32. The predicted molar refractivity (Wildman–Crippen MR) is 164 cm³/mol. The van der Waals surface area contributed by atoms with Gasteiger partial charge in [-0.15, -0.1) is 11.3 Å². The van der Waals surface area contributed by atoms with E-state index >= 15 is 0 Å². The van der Waals surface area contributed by atoms with Gasteiger partial charge < -0.3 is 19.1 Å². The molecule has 0 aliphatic carbocycles. The van der Waals surface area contributed by atoms with Crippen molar-refractivity contribution >= 4 is 44.9 Å². The predicted octanol–water partition coefficient (Wildman–Crippen LogP) is 6.32. The molecule has 2 aliphatic rings. The van der Waals surface area contributed by atoms with Crippen LogP contribution in [0.4, 0.5) is 16.2 Å². The number of nitrogens with zero attached hydrogens (tertiary/aromatic N) is 3. The van der Waals surface area contributed by atoms with Gasteiger partial charge in [0.1, 0.15) is 5.75 Å². The third-order valence-electron chi connectivity index (χ3n) is 7.81. The van der Waals surface area contributed by atoms with Crippen LogP contribution < -0.4 is 14.5 Å². The first kappa shape index (κ1) is 29.2. The molecule has 0 atom stereocenters. The molecule has 8 nitrogen and oxygen atoms in total. The van der Waals surface area contributed by atoms with E-state index < -0.39 is 6.16 Å². The second-order valence-corrected chi connectivity index (χ2v) is 12.1. The molecule has 0 bridgehead atoms. The third-order valence-corrected chi connectivity index (χ3v) is 8.69. The molecule has 3 heterocycles. The quantitative estimate of drug-likeness (QED) is 0.184. The van der Waals surface area contributed by atoms with Crippen LogP contribution in [0, 0.1) is 5.92 Å². The lowest BCUT2D eigenvalue weighted by atomic mass is 10.0. The van der Waals surface area contributed by atoms with E-state index in [0.29, 0.717) is 32.0 Å². The number of carbonyl (C=O) groups excluding carboxylic acids is 2. The first-order chi connectivity index (χ1) is 20.0. The smallest absolute Gasteiger partial charge is 0.494 e.